The first-order chi connectivity index (χ1) is 13.4. The molecule has 1 aromatic carbocycles. The average Bonchev–Trinajstić information content (AvgIpc) is 3.35. The number of likely N-dealkylation sites (N-methyl/N-ethyl adjacent to an activating group) is 1. The first kappa shape index (κ1) is 19.7. The molecule has 2 amide bonds. The van der Waals surface area contributed by atoms with Crippen LogP contribution < -0.4 is 10.6 Å². The van der Waals surface area contributed by atoms with E-state index in [1.165, 1.54) is 0 Å². The normalized spacial score (nSPS) is 12.0. The SMILES string of the molecule is CNC(=O)[C@@H](NC(=O)c1cc(-n2cccc2)n(-c2ccc(Cl)cc2)n1)C(C)C. The van der Waals surface area contributed by atoms with Crippen LogP contribution in [0.4, 0.5) is 0 Å². The lowest BCUT2D eigenvalue weighted by atomic mass is 10.0. The Morgan fingerprint density at radius 2 is 1.75 bits per heavy atom. The summed E-state index contributed by atoms with van der Waals surface area (Å²) in [6.07, 6.45) is 3.74. The summed E-state index contributed by atoms with van der Waals surface area (Å²) in [5.41, 5.74) is 0.979. The molecule has 7 nitrogen and oxygen atoms in total. The van der Waals surface area contributed by atoms with Gasteiger partial charge in [0.15, 0.2) is 5.69 Å². The number of aromatic nitrogens is 3. The van der Waals surface area contributed by atoms with Gasteiger partial charge < -0.3 is 15.2 Å². The lowest BCUT2D eigenvalue weighted by Crippen LogP contribution is -2.48. The van der Waals surface area contributed by atoms with Crippen molar-refractivity contribution < 1.29 is 9.59 Å². The Morgan fingerprint density at radius 3 is 2.32 bits per heavy atom. The molecule has 0 saturated carbocycles. The van der Waals surface area contributed by atoms with Crippen molar-refractivity contribution in [2.75, 3.05) is 7.05 Å². The van der Waals surface area contributed by atoms with Crippen molar-refractivity contribution in [3.63, 3.8) is 0 Å². The molecule has 0 bridgehead atoms. The van der Waals surface area contributed by atoms with E-state index in [2.05, 4.69) is 15.7 Å². The highest BCUT2D eigenvalue weighted by molar-refractivity contribution is 6.30. The summed E-state index contributed by atoms with van der Waals surface area (Å²) in [6, 6.07) is 12.0. The number of amides is 2. The second-order valence-corrected chi connectivity index (χ2v) is 7.11. The van der Waals surface area contributed by atoms with E-state index in [4.69, 9.17) is 11.6 Å². The zero-order valence-corrected chi connectivity index (χ0v) is 16.6. The maximum Gasteiger partial charge on any atom is 0.272 e. The Morgan fingerprint density at radius 1 is 1.11 bits per heavy atom. The first-order valence-electron chi connectivity index (χ1n) is 8.92. The van der Waals surface area contributed by atoms with Crippen molar-refractivity contribution in [1.82, 2.24) is 25.0 Å². The minimum Gasteiger partial charge on any atom is -0.357 e. The monoisotopic (exact) mass is 399 g/mol. The van der Waals surface area contributed by atoms with Crippen LogP contribution in [0.3, 0.4) is 0 Å². The van der Waals surface area contributed by atoms with Gasteiger partial charge >= 0.3 is 0 Å². The molecular weight excluding hydrogens is 378 g/mol. The molecule has 0 fully saturated rings. The third kappa shape index (κ3) is 4.09. The highest BCUT2D eigenvalue weighted by Crippen LogP contribution is 2.19. The van der Waals surface area contributed by atoms with Crippen LogP contribution in [0, 0.1) is 5.92 Å². The predicted molar refractivity (Wildman–Crippen MR) is 108 cm³/mol. The Bertz CT molecular complexity index is 961. The van der Waals surface area contributed by atoms with Gasteiger partial charge in [0.25, 0.3) is 5.91 Å². The van der Waals surface area contributed by atoms with Crippen LogP contribution in [0.5, 0.6) is 0 Å². The van der Waals surface area contributed by atoms with Crippen LogP contribution in [0.15, 0.2) is 54.9 Å². The zero-order valence-electron chi connectivity index (χ0n) is 15.9. The number of nitrogens with one attached hydrogen (secondary N) is 2. The summed E-state index contributed by atoms with van der Waals surface area (Å²) < 4.78 is 3.52. The van der Waals surface area contributed by atoms with Crippen LogP contribution in [-0.4, -0.2) is 39.3 Å². The van der Waals surface area contributed by atoms with Crippen molar-refractivity contribution in [1.29, 1.82) is 0 Å². The minimum absolute atomic E-state index is 0.0637. The Kier molecular flexibility index (Phi) is 5.84. The van der Waals surface area contributed by atoms with Crippen LogP contribution in [0.2, 0.25) is 5.02 Å². The Balaban J connectivity index is 1.98. The van der Waals surface area contributed by atoms with E-state index in [-0.39, 0.29) is 17.5 Å². The van der Waals surface area contributed by atoms with E-state index in [0.717, 1.165) is 5.69 Å². The highest BCUT2D eigenvalue weighted by Gasteiger charge is 2.25. The molecule has 0 radical (unpaired) electrons. The fourth-order valence-electron chi connectivity index (χ4n) is 2.83. The fraction of sp³-hybridized carbons (Fsp3) is 0.250. The number of nitrogens with zero attached hydrogens (tertiary/aromatic N) is 3. The van der Waals surface area contributed by atoms with Crippen LogP contribution >= 0.6 is 11.6 Å². The maximum absolute atomic E-state index is 12.8. The summed E-state index contributed by atoms with van der Waals surface area (Å²) in [4.78, 5) is 24.9. The molecular formula is C20H22ClN5O2. The predicted octanol–water partition coefficient (Wildman–Crippen LogP) is 2.82. The van der Waals surface area contributed by atoms with E-state index >= 15 is 0 Å². The standard InChI is InChI=1S/C20H22ClN5O2/c1-13(2)18(20(28)22-3)23-19(27)16-12-17(25-10-4-5-11-25)26(24-16)15-8-6-14(21)7-9-15/h4-13,18H,1-3H3,(H,22,28)(H,23,27)/t18-/m0/s1. The molecule has 0 aliphatic rings. The smallest absolute Gasteiger partial charge is 0.272 e. The fourth-order valence-corrected chi connectivity index (χ4v) is 2.96. The van der Waals surface area contributed by atoms with Crippen molar-refractivity contribution in [3.8, 4) is 11.5 Å². The van der Waals surface area contributed by atoms with E-state index in [0.29, 0.717) is 10.8 Å². The van der Waals surface area contributed by atoms with Gasteiger partial charge in [0, 0.05) is 30.5 Å². The topological polar surface area (TPSA) is 81.0 Å². The second-order valence-electron chi connectivity index (χ2n) is 6.68. The Hall–Kier alpha value is -3.06. The van der Waals surface area contributed by atoms with Gasteiger partial charge in [0.2, 0.25) is 5.91 Å². The van der Waals surface area contributed by atoms with Gasteiger partial charge in [-0.15, -0.1) is 0 Å². The number of carbonyl (C=O) groups excluding carboxylic acids is 2. The second kappa shape index (κ2) is 8.31. The molecule has 0 saturated heterocycles. The number of hydrogen-bond acceptors (Lipinski definition) is 3. The summed E-state index contributed by atoms with van der Waals surface area (Å²) >= 11 is 5.99. The number of rotatable bonds is 6. The van der Waals surface area contributed by atoms with Crippen molar-refractivity contribution in [2.24, 2.45) is 5.92 Å². The summed E-state index contributed by atoms with van der Waals surface area (Å²) in [7, 11) is 1.54. The van der Waals surface area contributed by atoms with Gasteiger partial charge in [-0.05, 0) is 42.3 Å². The molecule has 3 rings (SSSR count). The van der Waals surface area contributed by atoms with Gasteiger partial charge in [-0.2, -0.15) is 5.10 Å². The third-order valence-corrected chi connectivity index (χ3v) is 4.60. The number of hydrogen-bond donors (Lipinski definition) is 2. The first-order valence-corrected chi connectivity index (χ1v) is 9.30. The van der Waals surface area contributed by atoms with Gasteiger partial charge in [0.1, 0.15) is 11.9 Å². The van der Waals surface area contributed by atoms with Crippen molar-refractivity contribution in [3.05, 3.63) is 65.6 Å². The molecule has 1 atom stereocenters. The maximum atomic E-state index is 12.8. The van der Waals surface area contributed by atoms with Gasteiger partial charge in [-0.1, -0.05) is 25.4 Å². The third-order valence-electron chi connectivity index (χ3n) is 4.35. The van der Waals surface area contributed by atoms with Crippen molar-refractivity contribution >= 4 is 23.4 Å². The lowest BCUT2D eigenvalue weighted by Gasteiger charge is -2.19. The summed E-state index contributed by atoms with van der Waals surface area (Å²) in [5.74, 6) is -0.0285. The molecule has 3 aromatic rings. The van der Waals surface area contributed by atoms with E-state index in [1.54, 1.807) is 29.9 Å². The van der Waals surface area contributed by atoms with E-state index in [9.17, 15) is 9.59 Å². The molecule has 0 aliphatic carbocycles. The zero-order chi connectivity index (χ0) is 20.3. The summed E-state index contributed by atoms with van der Waals surface area (Å²) in [6.45, 7) is 3.75. The molecule has 2 heterocycles. The van der Waals surface area contributed by atoms with E-state index in [1.807, 2.05) is 55.1 Å². The van der Waals surface area contributed by atoms with Crippen LogP contribution in [-0.2, 0) is 4.79 Å². The average molecular weight is 400 g/mol. The van der Waals surface area contributed by atoms with Crippen LogP contribution in [0.1, 0.15) is 24.3 Å². The number of benzene rings is 1. The Labute approximate surface area is 168 Å². The number of halogens is 1. The molecule has 28 heavy (non-hydrogen) atoms. The quantitative estimate of drug-likeness (QED) is 0.668. The van der Waals surface area contributed by atoms with Crippen LogP contribution in [0.25, 0.3) is 11.5 Å². The minimum atomic E-state index is -0.645. The van der Waals surface area contributed by atoms with Gasteiger partial charge in [-0.25, -0.2) is 4.68 Å². The molecule has 0 unspecified atom stereocenters. The highest BCUT2D eigenvalue weighted by atomic mass is 35.5. The largest absolute Gasteiger partial charge is 0.357 e. The molecule has 2 N–H and O–H groups in total. The van der Waals surface area contributed by atoms with E-state index < -0.39 is 11.9 Å². The summed E-state index contributed by atoms with van der Waals surface area (Å²) in [5, 5.41) is 10.4. The number of carbonyl (C=O) groups is 2. The molecule has 8 heteroatoms. The van der Waals surface area contributed by atoms with Gasteiger partial charge in [0.05, 0.1) is 5.69 Å². The van der Waals surface area contributed by atoms with Crippen molar-refractivity contribution in [2.45, 2.75) is 19.9 Å². The molecule has 0 aliphatic heterocycles. The molecule has 146 valence electrons. The lowest BCUT2D eigenvalue weighted by molar-refractivity contribution is -0.123. The molecule has 2 aromatic heterocycles. The van der Waals surface area contributed by atoms with Gasteiger partial charge in [-0.3, -0.25) is 9.59 Å². The molecule has 0 spiro atoms.